The molecule has 2 fully saturated rings. The normalized spacial score (nSPS) is 29.6. The van der Waals surface area contributed by atoms with E-state index >= 15 is 0 Å². The van der Waals surface area contributed by atoms with Gasteiger partial charge in [-0.1, -0.05) is 41.7 Å². The number of rotatable bonds is 3. The lowest BCUT2D eigenvalue weighted by molar-refractivity contribution is -0.138. The van der Waals surface area contributed by atoms with Gasteiger partial charge in [0.1, 0.15) is 9.07 Å². The highest BCUT2D eigenvalue weighted by molar-refractivity contribution is 8.25. The molecule has 0 radical (unpaired) electrons. The van der Waals surface area contributed by atoms with Gasteiger partial charge in [0.25, 0.3) is 5.91 Å². The van der Waals surface area contributed by atoms with Gasteiger partial charge in [0.2, 0.25) is 5.91 Å². The molecule has 9 heteroatoms. The van der Waals surface area contributed by atoms with Crippen LogP contribution < -0.4 is 4.90 Å². The van der Waals surface area contributed by atoms with E-state index in [0.29, 0.717) is 22.4 Å². The number of carbonyl (C=O) groups is 2. The van der Waals surface area contributed by atoms with E-state index in [1.165, 1.54) is 11.8 Å². The predicted molar refractivity (Wildman–Crippen MR) is 131 cm³/mol. The number of thioether (sulfide) groups is 1. The molecule has 1 aromatic heterocycles. The second kappa shape index (κ2) is 7.38. The minimum Gasteiger partial charge on any atom is -0.313 e. The van der Waals surface area contributed by atoms with Gasteiger partial charge in [-0.25, -0.2) is 0 Å². The van der Waals surface area contributed by atoms with Crippen LogP contribution in [0.25, 0.3) is 0 Å². The largest absolute Gasteiger partial charge is 0.313 e. The maximum Gasteiger partial charge on any atom is 0.254 e. The third-order valence-corrected chi connectivity index (χ3v) is 9.01. The Balaban J connectivity index is 1.85. The molecule has 3 atom stereocenters. The van der Waals surface area contributed by atoms with Gasteiger partial charge in [0, 0.05) is 54.7 Å². The SMILES string of the molecule is C=CCN1C(=O)[C@]2(SC1=S)[C@H](c1ccncc1)CN(C)[C@]21C(=O)N(C)c2ccc(Cl)cc21. The third-order valence-electron chi connectivity index (χ3n) is 6.83. The van der Waals surface area contributed by atoms with Crippen molar-refractivity contribution >= 4 is 57.4 Å². The van der Waals surface area contributed by atoms with Crippen molar-refractivity contribution in [3.05, 3.63) is 71.5 Å². The Morgan fingerprint density at radius 3 is 2.66 bits per heavy atom. The number of thiocarbonyl (C=S) groups is 1. The van der Waals surface area contributed by atoms with Crippen LogP contribution in [0, 0.1) is 0 Å². The molecule has 0 bridgehead atoms. The molecule has 5 rings (SSSR count). The highest BCUT2D eigenvalue weighted by Gasteiger charge is 2.78. The van der Waals surface area contributed by atoms with Crippen LogP contribution in [0.3, 0.4) is 0 Å². The van der Waals surface area contributed by atoms with E-state index < -0.39 is 10.3 Å². The Morgan fingerprint density at radius 2 is 1.97 bits per heavy atom. The van der Waals surface area contributed by atoms with E-state index in [9.17, 15) is 9.59 Å². The lowest BCUT2D eigenvalue weighted by atomic mass is 9.72. The monoisotopic (exact) mass is 484 g/mol. The van der Waals surface area contributed by atoms with E-state index in [4.69, 9.17) is 23.8 Å². The number of likely N-dealkylation sites (tertiary alicyclic amines) is 1. The van der Waals surface area contributed by atoms with Crippen LogP contribution in [0.2, 0.25) is 5.02 Å². The number of pyridine rings is 1. The summed E-state index contributed by atoms with van der Waals surface area (Å²) in [4.78, 5) is 37.8. The van der Waals surface area contributed by atoms with Gasteiger partial charge < -0.3 is 4.90 Å². The smallest absolute Gasteiger partial charge is 0.254 e. The third kappa shape index (κ3) is 2.46. The average Bonchev–Trinajstić information content (AvgIpc) is 3.28. The standard InChI is InChI=1S/C23H21ClN4O2S2/c1-4-11-28-20(30)23(32-21(28)31)17(14-7-9-25-10-8-14)13-26(2)22(23)16-12-15(24)5-6-18(16)27(3)19(22)29/h4-10,12,17H,1,11,13H2,2-3H3/t17-,22+,23+/m0/s1. The second-order valence-corrected chi connectivity index (χ2v) is 10.6. The fourth-order valence-electron chi connectivity index (χ4n) is 5.55. The summed E-state index contributed by atoms with van der Waals surface area (Å²) in [5.41, 5.74) is 1.18. The summed E-state index contributed by atoms with van der Waals surface area (Å²) < 4.78 is -0.737. The fourth-order valence-corrected chi connectivity index (χ4v) is 7.87. The molecular formula is C23H21ClN4O2S2. The molecule has 4 heterocycles. The molecule has 2 spiro atoms. The minimum absolute atomic E-state index is 0.155. The zero-order chi connectivity index (χ0) is 22.8. The van der Waals surface area contributed by atoms with Crippen molar-refractivity contribution in [3.8, 4) is 0 Å². The summed E-state index contributed by atoms with van der Waals surface area (Å²) in [6.07, 6.45) is 5.08. The maximum atomic E-state index is 14.3. The van der Waals surface area contributed by atoms with Gasteiger partial charge in [0.15, 0.2) is 5.54 Å². The molecule has 0 unspecified atom stereocenters. The van der Waals surface area contributed by atoms with Crippen LogP contribution in [-0.2, 0) is 15.1 Å². The van der Waals surface area contributed by atoms with E-state index in [2.05, 4.69) is 11.6 Å². The number of aromatic nitrogens is 1. The Bertz CT molecular complexity index is 1180. The van der Waals surface area contributed by atoms with Gasteiger partial charge in [0.05, 0.1) is 0 Å². The number of fused-ring (bicyclic) bond motifs is 3. The Hall–Kier alpha value is -2.26. The first-order valence-corrected chi connectivity index (χ1v) is 11.8. The summed E-state index contributed by atoms with van der Waals surface area (Å²) >= 11 is 13.4. The predicted octanol–water partition coefficient (Wildman–Crippen LogP) is 3.42. The number of benzene rings is 1. The van der Waals surface area contributed by atoms with Crippen molar-refractivity contribution in [3.63, 3.8) is 0 Å². The number of hydrogen-bond donors (Lipinski definition) is 0. The van der Waals surface area contributed by atoms with Crippen LogP contribution in [0.1, 0.15) is 17.0 Å². The van der Waals surface area contributed by atoms with Crippen molar-refractivity contribution in [2.75, 3.05) is 32.1 Å². The van der Waals surface area contributed by atoms with Crippen LogP contribution in [-0.4, -0.2) is 62.9 Å². The minimum atomic E-state index is -1.25. The molecule has 3 aliphatic heterocycles. The molecule has 3 aliphatic rings. The number of nitrogens with zero attached hydrogens (tertiary/aromatic N) is 4. The summed E-state index contributed by atoms with van der Waals surface area (Å²) in [5, 5.41) is 0.517. The van der Waals surface area contributed by atoms with Crippen molar-refractivity contribution in [2.45, 2.75) is 16.2 Å². The number of amides is 2. The molecule has 0 N–H and O–H groups in total. The summed E-state index contributed by atoms with van der Waals surface area (Å²) in [5.74, 6) is -0.617. The molecule has 2 amide bonds. The summed E-state index contributed by atoms with van der Waals surface area (Å²) in [6, 6.07) is 9.25. The molecule has 0 saturated carbocycles. The van der Waals surface area contributed by atoms with Gasteiger partial charge in [-0.15, -0.1) is 6.58 Å². The Labute approximate surface area is 201 Å². The van der Waals surface area contributed by atoms with E-state index in [-0.39, 0.29) is 17.7 Å². The lowest BCUT2D eigenvalue weighted by Gasteiger charge is -2.42. The molecule has 1 aromatic carbocycles. The van der Waals surface area contributed by atoms with Crippen LogP contribution in [0.15, 0.2) is 55.4 Å². The van der Waals surface area contributed by atoms with Gasteiger partial charge in [-0.2, -0.15) is 0 Å². The Morgan fingerprint density at radius 1 is 1.25 bits per heavy atom. The Kier molecular flexibility index (Phi) is 4.98. The molecular weight excluding hydrogens is 464 g/mol. The van der Waals surface area contributed by atoms with Crippen molar-refractivity contribution in [2.24, 2.45) is 0 Å². The van der Waals surface area contributed by atoms with Crippen molar-refractivity contribution < 1.29 is 9.59 Å². The first-order chi connectivity index (χ1) is 15.3. The first-order valence-electron chi connectivity index (χ1n) is 10.2. The highest BCUT2D eigenvalue weighted by atomic mass is 35.5. The highest BCUT2D eigenvalue weighted by Crippen LogP contribution is 2.66. The lowest BCUT2D eigenvalue weighted by Crippen LogP contribution is -2.62. The zero-order valence-corrected chi connectivity index (χ0v) is 20.0. The number of carbonyl (C=O) groups excluding carboxylic acids is 2. The molecule has 2 saturated heterocycles. The average molecular weight is 485 g/mol. The molecule has 164 valence electrons. The summed E-state index contributed by atoms with van der Waals surface area (Å²) in [6.45, 7) is 4.58. The second-order valence-electron chi connectivity index (χ2n) is 8.26. The molecule has 32 heavy (non-hydrogen) atoms. The first kappa shape index (κ1) is 21.6. The number of likely N-dealkylation sites (N-methyl/N-ethyl adjacent to an activating group) is 2. The van der Waals surface area contributed by atoms with Gasteiger partial charge >= 0.3 is 0 Å². The van der Waals surface area contributed by atoms with Crippen LogP contribution in [0.4, 0.5) is 5.69 Å². The van der Waals surface area contributed by atoms with Gasteiger partial charge in [-0.05, 0) is 42.9 Å². The summed E-state index contributed by atoms with van der Waals surface area (Å²) in [7, 11) is 3.65. The van der Waals surface area contributed by atoms with E-state index in [0.717, 1.165) is 16.8 Å². The molecule has 0 aliphatic carbocycles. The number of anilines is 1. The van der Waals surface area contributed by atoms with Crippen molar-refractivity contribution in [1.82, 2.24) is 14.8 Å². The molecule has 6 nitrogen and oxygen atoms in total. The fraction of sp³-hybridized carbons (Fsp3) is 0.304. The van der Waals surface area contributed by atoms with Crippen LogP contribution in [0.5, 0.6) is 0 Å². The van der Waals surface area contributed by atoms with Crippen molar-refractivity contribution in [1.29, 1.82) is 0 Å². The van der Waals surface area contributed by atoms with E-state index in [1.807, 2.05) is 36.2 Å². The zero-order valence-electron chi connectivity index (χ0n) is 17.6. The molecule has 2 aromatic rings. The topological polar surface area (TPSA) is 56.8 Å². The quantitative estimate of drug-likeness (QED) is 0.491. The van der Waals surface area contributed by atoms with E-state index in [1.54, 1.807) is 41.4 Å². The number of hydrogen-bond acceptors (Lipinski definition) is 6. The maximum absolute atomic E-state index is 14.3. The van der Waals surface area contributed by atoms with Gasteiger partial charge in [-0.3, -0.25) is 24.4 Å². The van der Waals surface area contributed by atoms with Crippen LogP contribution >= 0.6 is 35.6 Å². The number of halogens is 1.